The van der Waals surface area contributed by atoms with Crippen LogP contribution in [0.15, 0.2) is 4.99 Å². The molecule has 1 aliphatic heterocycles. The first-order valence-corrected chi connectivity index (χ1v) is 9.63. The van der Waals surface area contributed by atoms with Crippen molar-refractivity contribution in [3.05, 3.63) is 0 Å². The Kier molecular flexibility index (Phi) is 8.42. The standard InChI is InChI=1S/C14H27F3N4O3S/c1-11(2)10-24-9-6-19-13(18-3)20-12-4-7-21(8-5-12)25(22,23)14(15,16)17/h11-12H,4-10H2,1-3H3,(H2,18,19,20). The molecule has 0 saturated carbocycles. The van der Waals surface area contributed by atoms with E-state index in [1.54, 1.807) is 7.05 Å². The van der Waals surface area contributed by atoms with Gasteiger partial charge >= 0.3 is 15.5 Å². The second kappa shape index (κ2) is 9.58. The van der Waals surface area contributed by atoms with Gasteiger partial charge in [-0.05, 0) is 18.8 Å². The fourth-order valence-corrected chi connectivity index (χ4v) is 3.32. The minimum atomic E-state index is -5.25. The van der Waals surface area contributed by atoms with Crippen molar-refractivity contribution in [3.8, 4) is 0 Å². The van der Waals surface area contributed by atoms with Gasteiger partial charge in [-0.25, -0.2) is 8.42 Å². The van der Waals surface area contributed by atoms with Gasteiger partial charge in [0.05, 0.1) is 6.61 Å². The fraction of sp³-hybridized carbons (Fsp3) is 0.929. The molecule has 0 aromatic carbocycles. The van der Waals surface area contributed by atoms with Crippen LogP contribution in [-0.2, 0) is 14.8 Å². The topological polar surface area (TPSA) is 83.0 Å². The molecule has 1 aliphatic rings. The maximum Gasteiger partial charge on any atom is 0.511 e. The highest BCUT2D eigenvalue weighted by Gasteiger charge is 2.50. The Morgan fingerprint density at radius 2 is 1.92 bits per heavy atom. The molecule has 11 heteroatoms. The molecule has 0 aliphatic carbocycles. The van der Waals surface area contributed by atoms with E-state index in [4.69, 9.17) is 4.74 Å². The zero-order valence-electron chi connectivity index (χ0n) is 14.8. The quantitative estimate of drug-likeness (QED) is 0.388. The van der Waals surface area contributed by atoms with Gasteiger partial charge in [-0.2, -0.15) is 17.5 Å². The highest BCUT2D eigenvalue weighted by molar-refractivity contribution is 7.90. The number of alkyl halides is 3. The highest BCUT2D eigenvalue weighted by Crippen LogP contribution is 2.28. The minimum absolute atomic E-state index is 0.137. The van der Waals surface area contributed by atoms with E-state index in [1.165, 1.54) is 0 Å². The summed E-state index contributed by atoms with van der Waals surface area (Å²) in [4.78, 5) is 4.05. The first-order chi connectivity index (χ1) is 11.6. The van der Waals surface area contributed by atoms with Crippen LogP contribution in [0.5, 0.6) is 0 Å². The molecule has 148 valence electrons. The second-order valence-corrected chi connectivity index (χ2v) is 8.17. The first-order valence-electron chi connectivity index (χ1n) is 8.19. The van der Waals surface area contributed by atoms with Gasteiger partial charge in [0.2, 0.25) is 0 Å². The number of aliphatic imine (C=N–C) groups is 1. The molecule has 1 saturated heterocycles. The van der Waals surface area contributed by atoms with Crippen LogP contribution in [0.25, 0.3) is 0 Å². The van der Waals surface area contributed by atoms with Crippen molar-refractivity contribution < 1.29 is 26.3 Å². The summed E-state index contributed by atoms with van der Waals surface area (Å²) in [6.45, 7) is 5.50. The maximum absolute atomic E-state index is 12.5. The number of nitrogens with one attached hydrogen (secondary N) is 2. The summed E-state index contributed by atoms with van der Waals surface area (Å²) in [5.41, 5.74) is -5.25. The highest BCUT2D eigenvalue weighted by atomic mass is 32.2. The largest absolute Gasteiger partial charge is 0.511 e. The summed E-state index contributed by atoms with van der Waals surface area (Å²) in [6, 6.07) is -0.137. The predicted molar refractivity (Wildman–Crippen MR) is 89.7 cm³/mol. The molecular formula is C14H27F3N4O3S. The fourth-order valence-electron chi connectivity index (χ4n) is 2.34. The van der Waals surface area contributed by atoms with Crippen molar-refractivity contribution in [1.82, 2.24) is 14.9 Å². The third-order valence-corrected chi connectivity index (χ3v) is 5.27. The smallest absolute Gasteiger partial charge is 0.379 e. The molecule has 0 bridgehead atoms. The van der Waals surface area contributed by atoms with Crippen molar-refractivity contribution >= 4 is 16.0 Å². The Bertz CT molecular complexity index is 530. The van der Waals surface area contributed by atoms with Crippen LogP contribution in [0.1, 0.15) is 26.7 Å². The van der Waals surface area contributed by atoms with Gasteiger partial charge in [0.25, 0.3) is 0 Å². The number of guanidine groups is 1. The van der Waals surface area contributed by atoms with Crippen molar-refractivity contribution in [2.45, 2.75) is 38.2 Å². The maximum atomic E-state index is 12.5. The van der Waals surface area contributed by atoms with Crippen LogP contribution in [0.3, 0.4) is 0 Å². The van der Waals surface area contributed by atoms with E-state index < -0.39 is 15.5 Å². The second-order valence-electron chi connectivity index (χ2n) is 6.24. The molecule has 0 spiro atoms. The van der Waals surface area contributed by atoms with Gasteiger partial charge in [0.15, 0.2) is 5.96 Å². The molecule has 1 rings (SSSR count). The molecule has 25 heavy (non-hydrogen) atoms. The van der Waals surface area contributed by atoms with E-state index in [-0.39, 0.29) is 32.0 Å². The Balaban J connectivity index is 2.37. The average molecular weight is 388 g/mol. The molecule has 0 aromatic heterocycles. The van der Waals surface area contributed by atoms with Crippen LogP contribution >= 0.6 is 0 Å². The molecule has 0 radical (unpaired) electrons. The number of piperidine rings is 1. The predicted octanol–water partition coefficient (Wildman–Crippen LogP) is 1.14. The molecule has 1 heterocycles. The van der Waals surface area contributed by atoms with E-state index in [9.17, 15) is 21.6 Å². The van der Waals surface area contributed by atoms with Gasteiger partial charge in [0.1, 0.15) is 0 Å². The third kappa shape index (κ3) is 6.98. The Morgan fingerprint density at radius 3 is 2.40 bits per heavy atom. The van der Waals surface area contributed by atoms with Crippen LogP contribution in [0.4, 0.5) is 13.2 Å². The summed E-state index contributed by atoms with van der Waals surface area (Å²) in [5.74, 6) is 0.973. The summed E-state index contributed by atoms with van der Waals surface area (Å²) in [5, 5.41) is 6.15. The van der Waals surface area contributed by atoms with Crippen molar-refractivity contribution in [3.63, 3.8) is 0 Å². The van der Waals surface area contributed by atoms with Gasteiger partial charge in [0, 0.05) is 39.3 Å². The van der Waals surface area contributed by atoms with E-state index >= 15 is 0 Å². The number of ether oxygens (including phenoxy) is 1. The SMILES string of the molecule is CN=C(NCCOCC(C)C)NC1CCN(S(=O)(=O)C(F)(F)F)CC1. The van der Waals surface area contributed by atoms with Gasteiger partial charge in [-0.15, -0.1) is 0 Å². The van der Waals surface area contributed by atoms with Crippen molar-refractivity contribution in [2.75, 3.05) is 39.9 Å². The van der Waals surface area contributed by atoms with Crippen LogP contribution in [0.2, 0.25) is 0 Å². The lowest BCUT2D eigenvalue weighted by atomic mass is 10.1. The van der Waals surface area contributed by atoms with Crippen molar-refractivity contribution in [1.29, 1.82) is 0 Å². The minimum Gasteiger partial charge on any atom is -0.379 e. The zero-order chi connectivity index (χ0) is 19.1. The lowest BCUT2D eigenvalue weighted by molar-refractivity contribution is -0.0494. The summed E-state index contributed by atoms with van der Waals surface area (Å²) in [7, 11) is -3.65. The molecule has 1 fully saturated rings. The van der Waals surface area contributed by atoms with Crippen LogP contribution in [-0.4, -0.2) is 70.1 Å². The number of rotatable bonds is 7. The van der Waals surface area contributed by atoms with E-state index in [2.05, 4.69) is 29.5 Å². The summed E-state index contributed by atoms with van der Waals surface area (Å²) >= 11 is 0. The Morgan fingerprint density at radius 1 is 1.32 bits per heavy atom. The molecule has 0 amide bonds. The third-order valence-electron chi connectivity index (χ3n) is 3.64. The molecule has 0 atom stereocenters. The lowest BCUT2D eigenvalue weighted by Gasteiger charge is -2.32. The zero-order valence-corrected chi connectivity index (χ0v) is 15.6. The molecule has 2 N–H and O–H groups in total. The average Bonchev–Trinajstić information content (AvgIpc) is 2.52. The number of halogens is 3. The van der Waals surface area contributed by atoms with E-state index in [1.807, 2.05) is 0 Å². The first kappa shape index (κ1) is 22.0. The Hall–Kier alpha value is -1.07. The summed E-state index contributed by atoms with van der Waals surface area (Å²) < 4.78 is 66.3. The van der Waals surface area contributed by atoms with Crippen LogP contribution < -0.4 is 10.6 Å². The molecular weight excluding hydrogens is 361 g/mol. The number of hydrogen-bond donors (Lipinski definition) is 2. The van der Waals surface area contributed by atoms with Gasteiger partial charge < -0.3 is 15.4 Å². The van der Waals surface area contributed by atoms with Gasteiger partial charge in [-0.3, -0.25) is 4.99 Å². The molecule has 0 aromatic rings. The number of nitrogens with zero attached hydrogens (tertiary/aromatic N) is 2. The molecule has 0 unspecified atom stereocenters. The number of hydrogen-bond acceptors (Lipinski definition) is 4. The number of sulfonamides is 1. The van der Waals surface area contributed by atoms with Crippen molar-refractivity contribution in [2.24, 2.45) is 10.9 Å². The summed E-state index contributed by atoms with van der Waals surface area (Å²) in [6.07, 6.45) is 0.555. The normalized spacial score (nSPS) is 18.6. The van der Waals surface area contributed by atoms with E-state index in [0.29, 0.717) is 35.9 Å². The molecule has 7 nitrogen and oxygen atoms in total. The Labute approximate surface area is 147 Å². The van der Waals surface area contributed by atoms with Crippen LogP contribution in [0, 0.1) is 5.92 Å². The van der Waals surface area contributed by atoms with Gasteiger partial charge in [-0.1, -0.05) is 13.8 Å². The monoisotopic (exact) mass is 388 g/mol. The van der Waals surface area contributed by atoms with E-state index in [0.717, 1.165) is 0 Å². The lowest BCUT2D eigenvalue weighted by Crippen LogP contribution is -2.52.